The van der Waals surface area contributed by atoms with E-state index in [0.717, 1.165) is 5.57 Å². The molecule has 2 atom stereocenters. The number of allylic oxidation sites excluding steroid dienone is 2. The summed E-state index contributed by atoms with van der Waals surface area (Å²) in [7, 11) is 1.75. The minimum absolute atomic E-state index is 0.174. The topological polar surface area (TPSA) is 93.4 Å². The molecule has 35 heavy (non-hydrogen) atoms. The average Bonchev–Trinajstić information content (AvgIpc) is 3.23. The van der Waals surface area contributed by atoms with E-state index in [0.29, 0.717) is 29.9 Å². The maximum absolute atomic E-state index is 13.1. The monoisotopic (exact) mass is 470 g/mol. The predicted molar refractivity (Wildman–Crippen MR) is 133 cm³/mol. The first kappa shape index (κ1) is 22.6. The molecule has 5 rings (SSSR count). The van der Waals surface area contributed by atoms with Crippen LogP contribution >= 0.6 is 0 Å². The van der Waals surface area contributed by atoms with E-state index < -0.39 is 5.91 Å². The third-order valence-corrected chi connectivity index (χ3v) is 6.98. The van der Waals surface area contributed by atoms with Gasteiger partial charge in [0.2, 0.25) is 11.8 Å². The van der Waals surface area contributed by atoms with Crippen LogP contribution in [0.1, 0.15) is 35.8 Å². The lowest BCUT2D eigenvalue weighted by Crippen LogP contribution is -2.31. The van der Waals surface area contributed by atoms with E-state index in [1.54, 1.807) is 36.9 Å². The number of nitrogens with one attached hydrogen (secondary N) is 1. The first-order valence-electron chi connectivity index (χ1n) is 11.6. The number of hydrogen-bond acceptors (Lipinski definition) is 4. The first-order valence-corrected chi connectivity index (χ1v) is 11.6. The number of aromatic nitrogens is 2. The molecule has 0 spiro atoms. The summed E-state index contributed by atoms with van der Waals surface area (Å²) >= 11 is 0. The molecular weight excluding hydrogens is 444 g/mol. The van der Waals surface area contributed by atoms with Crippen molar-refractivity contribution in [3.05, 3.63) is 87.9 Å². The highest BCUT2D eigenvalue weighted by molar-refractivity contribution is 6.22. The molecule has 8 nitrogen and oxygen atoms in total. The molecule has 1 fully saturated rings. The Bertz CT molecular complexity index is 1450. The number of anilines is 2. The Labute approximate surface area is 202 Å². The van der Waals surface area contributed by atoms with Crippen LogP contribution in [0.3, 0.4) is 0 Å². The Kier molecular flexibility index (Phi) is 5.51. The number of nitrogens with zero attached hydrogens (tertiary/aromatic N) is 3. The number of fused-ring (bicyclic) bond motifs is 1. The molecule has 3 aromatic rings. The molecule has 2 heterocycles. The Balaban J connectivity index is 1.43. The normalized spacial score (nSPS) is 19.5. The van der Waals surface area contributed by atoms with Crippen molar-refractivity contribution in [2.24, 2.45) is 18.9 Å². The highest BCUT2D eigenvalue weighted by Gasteiger charge is 2.48. The van der Waals surface area contributed by atoms with Crippen LogP contribution in [0, 0.1) is 18.8 Å². The summed E-state index contributed by atoms with van der Waals surface area (Å²) in [6.07, 6.45) is 3.15. The predicted octanol–water partition coefficient (Wildman–Crippen LogP) is 3.58. The van der Waals surface area contributed by atoms with Crippen LogP contribution in [0.2, 0.25) is 0 Å². The number of rotatable bonds is 4. The lowest BCUT2D eigenvalue weighted by atomic mass is 9.82. The van der Waals surface area contributed by atoms with E-state index >= 15 is 0 Å². The SMILES string of the molecule is CC1=CC[C@@H]2C(=O)N(c3cccc(C(=O)Nc4c(C)n(C)n(-c5ccccc5)c4=O)c3)C(=O)[C@H]2C1. The zero-order valence-electron chi connectivity index (χ0n) is 19.8. The fraction of sp³-hybridized carbons (Fsp3) is 0.259. The number of para-hydroxylation sites is 1. The van der Waals surface area contributed by atoms with Gasteiger partial charge in [0.05, 0.1) is 28.9 Å². The highest BCUT2D eigenvalue weighted by atomic mass is 16.2. The number of amides is 3. The Morgan fingerprint density at radius 1 is 0.914 bits per heavy atom. The smallest absolute Gasteiger partial charge is 0.295 e. The molecule has 0 bridgehead atoms. The summed E-state index contributed by atoms with van der Waals surface area (Å²) in [6, 6.07) is 15.6. The van der Waals surface area contributed by atoms with Gasteiger partial charge in [-0.05, 0) is 57.0 Å². The van der Waals surface area contributed by atoms with Gasteiger partial charge in [-0.25, -0.2) is 4.68 Å². The second-order valence-electron chi connectivity index (χ2n) is 9.16. The van der Waals surface area contributed by atoms with Crippen molar-refractivity contribution in [2.45, 2.75) is 26.7 Å². The summed E-state index contributed by atoms with van der Waals surface area (Å²) in [6.45, 7) is 3.73. The van der Waals surface area contributed by atoms with Crippen LogP contribution in [-0.2, 0) is 16.6 Å². The molecule has 0 radical (unpaired) electrons. The Morgan fingerprint density at radius 3 is 2.34 bits per heavy atom. The van der Waals surface area contributed by atoms with E-state index in [2.05, 4.69) is 5.32 Å². The van der Waals surface area contributed by atoms with Gasteiger partial charge in [-0.3, -0.25) is 28.8 Å². The van der Waals surface area contributed by atoms with E-state index in [9.17, 15) is 19.2 Å². The van der Waals surface area contributed by atoms with Gasteiger partial charge in [0, 0.05) is 12.6 Å². The molecule has 1 aliphatic carbocycles. The number of hydrogen-bond donors (Lipinski definition) is 1. The van der Waals surface area contributed by atoms with Crippen LogP contribution in [0.5, 0.6) is 0 Å². The second kappa shape index (κ2) is 8.54. The van der Waals surface area contributed by atoms with Crippen molar-refractivity contribution in [2.75, 3.05) is 10.2 Å². The molecule has 2 aliphatic rings. The fourth-order valence-electron chi connectivity index (χ4n) is 4.98. The maximum atomic E-state index is 13.1. The number of benzene rings is 2. The molecule has 0 unspecified atom stereocenters. The van der Waals surface area contributed by atoms with Gasteiger partial charge in [-0.2, -0.15) is 0 Å². The minimum atomic E-state index is -0.494. The fourth-order valence-corrected chi connectivity index (χ4v) is 4.98. The molecule has 178 valence electrons. The van der Waals surface area contributed by atoms with Crippen molar-refractivity contribution in [3.8, 4) is 5.69 Å². The number of imide groups is 1. The third-order valence-electron chi connectivity index (χ3n) is 6.98. The largest absolute Gasteiger partial charge is 0.316 e. The molecule has 1 N–H and O–H groups in total. The molecule has 1 aliphatic heterocycles. The van der Waals surface area contributed by atoms with Crippen LogP contribution in [0.15, 0.2) is 71.0 Å². The van der Waals surface area contributed by atoms with E-state index in [1.807, 2.05) is 43.3 Å². The quantitative estimate of drug-likeness (QED) is 0.466. The summed E-state index contributed by atoms with van der Waals surface area (Å²) < 4.78 is 3.17. The molecule has 2 aromatic carbocycles. The van der Waals surface area contributed by atoms with Crippen molar-refractivity contribution in [1.29, 1.82) is 0 Å². The van der Waals surface area contributed by atoms with Crippen molar-refractivity contribution in [1.82, 2.24) is 9.36 Å². The van der Waals surface area contributed by atoms with E-state index in [4.69, 9.17) is 0 Å². The maximum Gasteiger partial charge on any atom is 0.295 e. The number of carbonyl (C=O) groups excluding carboxylic acids is 3. The van der Waals surface area contributed by atoms with Gasteiger partial charge in [0.1, 0.15) is 5.69 Å². The van der Waals surface area contributed by atoms with E-state index in [1.165, 1.54) is 15.6 Å². The van der Waals surface area contributed by atoms with Gasteiger partial charge >= 0.3 is 0 Å². The standard InChI is InChI=1S/C27H26N4O4/c1-16-12-13-21-22(14-16)26(34)30(25(21)33)20-11-7-8-18(15-20)24(32)28-23-17(2)29(3)31(27(23)35)19-9-5-4-6-10-19/h4-12,15,21-22H,13-14H2,1-3H3,(H,28,32)/t21-,22-/m0/s1. The van der Waals surface area contributed by atoms with Gasteiger partial charge in [0.25, 0.3) is 11.5 Å². The summed E-state index contributed by atoms with van der Waals surface area (Å²) in [5.41, 5.74) is 2.84. The third kappa shape index (κ3) is 3.71. The van der Waals surface area contributed by atoms with Crippen LogP contribution in [-0.4, -0.2) is 27.1 Å². The average molecular weight is 471 g/mol. The Hall–Kier alpha value is -4.20. The summed E-state index contributed by atoms with van der Waals surface area (Å²) in [4.78, 5) is 53.6. The lowest BCUT2D eigenvalue weighted by molar-refractivity contribution is -0.122. The van der Waals surface area contributed by atoms with Gasteiger partial charge in [-0.15, -0.1) is 0 Å². The van der Waals surface area contributed by atoms with Crippen molar-refractivity contribution >= 4 is 29.1 Å². The van der Waals surface area contributed by atoms with Gasteiger partial charge in [0.15, 0.2) is 0 Å². The van der Waals surface area contributed by atoms with E-state index in [-0.39, 0.29) is 40.5 Å². The van der Waals surface area contributed by atoms with Crippen molar-refractivity contribution < 1.29 is 14.4 Å². The van der Waals surface area contributed by atoms with Crippen LogP contribution < -0.4 is 15.8 Å². The molecule has 3 amide bonds. The van der Waals surface area contributed by atoms with Crippen molar-refractivity contribution in [3.63, 3.8) is 0 Å². The molecule has 1 saturated heterocycles. The molecule has 1 aromatic heterocycles. The zero-order chi connectivity index (χ0) is 24.9. The molecule has 8 heteroatoms. The first-order chi connectivity index (χ1) is 16.8. The minimum Gasteiger partial charge on any atom is -0.316 e. The second-order valence-corrected chi connectivity index (χ2v) is 9.16. The highest BCUT2D eigenvalue weighted by Crippen LogP contribution is 2.39. The van der Waals surface area contributed by atoms with Crippen LogP contribution in [0.25, 0.3) is 5.69 Å². The summed E-state index contributed by atoms with van der Waals surface area (Å²) in [5, 5.41) is 2.73. The van der Waals surface area contributed by atoms with Gasteiger partial charge < -0.3 is 5.32 Å². The number of carbonyl (C=O) groups is 3. The lowest BCUT2D eigenvalue weighted by Gasteiger charge is -2.18. The summed E-state index contributed by atoms with van der Waals surface area (Å²) in [5.74, 6) is -1.66. The van der Waals surface area contributed by atoms with Gasteiger partial charge in [-0.1, -0.05) is 35.9 Å². The molecular formula is C27H26N4O4. The molecule has 0 saturated carbocycles. The zero-order valence-corrected chi connectivity index (χ0v) is 19.8. The Morgan fingerprint density at radius 2 is 1.60 bits per heavy atom. The van der Waals surface area contributed by atoms with Crippen LogP contribution in [0.4, 0.5) is 11.4 Å².